The molecule has 0 aromatic heterocycles. The van der Waals surface area contributed by atoms with E-state index in [4.69, 9.17) is 20.4 Å². The van der Waals surface area contributed by atoms with Gasteiger partial charge in [0.15, 0.2) is 11.5 Å². The highest BCUT2D eigenvalue weighted by molar-refractivity contribution is 5.95. The van der Waals surface area contributed by atoms with E-state index in [1.807, 2.05) is 0 Å². The second kappa shape index (κ2) is 5.94. The first-order valence-electron chi connectivity index (χ1n) is 5.85. The van der Waals surface area contributed by atoms with Crippen LogP contribution in [0.4, 0.5) is 0 Å². The molecule has 0 spiro atoms. The largest absolute Gasteiger partial charge is 0.486 e. The number of rotatable bonds is 4. The number of carbonyl (C=O) groups excluding carboxylic acids is 1. The molecule has 0 aliphatic carbocycles. The Morgan fingerprint density at radius 1 is 1.37 bits per heavy atom. The monoisotopic (exact) mass is 265 g/mol. The van der Waals surface area contributed by atoms with Crippen LogP contribution in [0, 0.1) is 0 Å². The highest BCUT2D eigenvalue weighted by Gasteiger charge is 2.14. The first kappa shape index (κ1) is 13.0. The summed E-state index contributed by atoms with van der Waals surface area (Å²) in [6.07, 6.45) is 0.285. The number of carbonyl (C=O) groups is 1. The summed E-state index contributed by atoms with van der Waals surface area (Å²) >= 11 is 0. The number of nitrogens with one attached hydrogen (secondary N) is 1. The third-order valence-corrected chi connectivity index (χ3v) is 2.60. The number of hydrogen-bond donors (Lipinski definition) is 3. The van der Waals surface area contributed by atoms with E-state index in [-0.39, 0.29) is 18.2 Å². The molecule has 102 valence electrons. The molecule has 1 heterocycles. The normalized spacial score (nSPS) is 14.0. The molecule has 1 aromatic carbocycles. The summed E-state index contributed by atoms with van der Waals surface area (Å²) in [4.78, 5) is 11.8. The zero-order chi connectivity index (χ0) is 13.7. The van der Waals surface area contributed by atoms with Crippen LogP contribution in [0.3, 0.4) is 0 Å². The molecule has 19 heavy (non-hydrogen) atoms. The minimum absolute atomic E-state index is 0.0717. The van der Waals surface area contributed by atoms with Crippen molar-refractivity contribution in [2.45, 2.75) is 6.42 Å². The fourth-order valence-corrected chi connectivity index (χ4v) is 1.64. The van der Waals surface area contributed by atoms with Crippen LogP contribution in [0.5, 0.6) is 11.5 Å². The molecule has 0 saturated heterocycles. The average molecular weight is 265 g/mol. The van der Waals surface area contributed by atoms with E-state index in [1.165, 1.54) is 0 Å². The van der Waals surface area contributed by atoms with Gasteiger partial charge in [0, 0.05) is 18.5 Å². The van der Waals surface area contributed by atoms with Gasteiger partial charge < -0.3 is 25.7 Å². The summed E-state index contributed by atoms with van der Waals surface area (Å²) in [5.74, 6) is 1.03. The van der Waals surface area contributed by atoms with Gasteiger partial charge in [0.05, 0.1) is 0 Å². The second-order valence-corrected chi connectivity index (χ2v) is 3.96. The summed E-state index contributed by atoms with van der Waals surface area (Å²) < 4.78 is 10.8. The Morgan fingerprint density at radius 3 is 2.84 bits per heavy atom. The first-order valence-corrected chi connectivity index (χ1v) is 5.85. The molecule has 2 rings (SSSR count). The molecule has 1 aromatic rings. The number of fused-ring (bicyclic) bond motifs is 1. The van der Waals surface area contributed by atoms with Crippen LogP contribution >= 0.6 is 0 Å². The zero-order valence-electron chi connectivity index (χ0n) is 10.3. The molecule has 0 radical (unpaired) electrons. The molecular weight excluding hydrogens is 250 g/mol. The van der Waals surface area contributed by atoms with Gasteiger partial charge in [-0.1, -0.05) is 5.16 Å². The molecule has 7 heteroatoms. The van der Waals surface area contributed by atoms with Crippen molar-refractivity contribution in [2.75, 3.05) is 19.8 Å². The molecule has 0 atom stereocenters. The maximum absolute atomic E-state index is 11.8. The second-order valence-electron chi connectivity index (χ2n) is 3.96. The number of ether oxygens (including phenoxy) is 2. The van der Waals surface area contributed by atoms with E-state index in [1.54, 1.807) is 18.2 Å². The third-order valence-electron chi connectivity index (χ3n) is 2.60. The van der Waals surface area contributed by atoms with Crippen molar-refractivity contribution in [3.8, 4) is 11.5 Å². The Bertz CT molecular complexity index is 502. The standard InChI is InChI=1S/C12H15N3O4/c13-11(15-17)3-4-14-12(16)8-1-2-9-10(7-8)19-6-5-18-9/h1-2,7,17H,3-6H2,(H2,13,15)(H,14,16). The number of benzene rings is 1. The number of nitrogens with zero attached hydrogens (tertiary/aromatic N) is 1. The van der Waals surface area contributed by atoms with Gasteiger partial charge in [0.25, 0.3) is 5.91 Å². The predicted molar refractivity (Wildman–Crippen MR) is 67.8 cm³/mol. The van der Waals surface area contributed by atoms with Crippen LogP contribution < -0.4 is 20.5 Å². The van der Waals surface area contributed by atoms with Crippen LogP contribution in [0.2, 0.25) is 0 Å². The fourth-order valence-electron chi connectivity index (χ4n) is 1.64. The molecular formula is C12H15N3O4. The number of amidine groups is 1. The topological polar surface area (TPSA) is 106 Å². The van der Waals surface area contributed by atoms with Crippen LogP contribution in [0.1, 0.15) is 16.8 Å². The molecule has 1 aliphatic heterocycles. The van der Waals surface area contributed by atoms with Crippen molar-refractivity contribution in [3.63, 3.8) is 0 Å². The molecule has 0 unspecified atom stereocenters. The minimum Gasteiger partial charge on any atom is -0.486 e. The smallest absolute Gasteiger partial charge is 0.251 e. The molecule has 0 bridgehead atoms. The van der Waals surface area contributed by atoms with E-state index in [0.29, 0.717) is 36.8 Å². The van der Waals surface area contributed by atoms with E-state index in [9.17, 15) is 4.79 Å². The summed E-state index contributed by atoms with van der Waals surface area (Å²) in [6.45, 7) is 1.28. The van der Waals surface area contributed by atoms with Gasteiger partial charge in [-0.2, -0.15) is 0 Å². The van der Waals surface area contributed by atoms with Crippen LogP contribution in [-0.4, -0.2) is 36.7 Å². The van der Waals surface area contributed by atoms with Gasteiger partial charge in [-0.3, -0.25) is 4.79 Å². The quantitative estimate of drug-likeness (QED) is 0.315. The van der Waals surface area contributed by atoms with Crippen molar-refractivity contribution in [3.05, 3.63) is 23.8 Å². The maximum atomic E-state index is 11.8. The van der Waals surface area contributed by atoms with Crippen molar-refractivity contribution in [2.24, 2.45) is 10.9 Å². The summed E-state index contributed by atoms with van der Waals surface area (Å²) in [6, 6.07) is 4.99. The highest BCUT2D eigenvalue weighted by Crippen LogP contribution is 2.30. The number of amides is 1. The van der Waals surface area contributed by atoms with Gasteiger partial charge in [-0.25, -0.2) is 0 Å². The van der Waals surface area contributed by atoms with Crippen molar-refractivity contribution in [1.82, 2.24) is 5.32 Å². The molecule has 1 aliphatic rings. The fraction of sp³-hybridized carbons (Fsp3) is 0.333. The SMILES string of the molecule is NC(CCNC(=O)c1ccc2c(c1)OCCO2)=NO. The molecule has 0 fully saturated rings. The summed E-state index contributed by atoms with van der Waals surface area (Å²) in [5, 5.41) is 13.9. The summed E-state index contributed by atoms with van der Waals surface area (Å²) in [5.41, 5.74) is 5.78. The molecule has 0 saturated carbocycles. The number of hydrogen-bond acceptors (Lipinski definition) is 5. The lowest BCUT2D eigenvalue weighted by Gasteiger charge is -2.18. The Hall–Kier alpha value is -2.44. The lowest BCUT2D eigenvalue weighted by Crippen LogP contribution is -2.28. The highest BCUT2D eigenvalue weighted by atomic mass is 16.6. The Labute approximate surface area is 110 Å². The van der Waals surface area contributed by atoms with Crippen LogP contribution in [0.25, 0.3) is 0 Å². The van der Waals surface area contributed by atoms with Gasteiger partial charge >= 0.3 is 0 Å². The summed E-state index contributed by atoms with van der Waals surface area (Å²) in [7, 11) is 0. The number of nitrogens with two attached hydrogens (primary N) is 1. The Balaban J connectivity index is 1.96. The molecule has 4 N–H and O–H groups in total. The van der Waals surface area contributed by atoms with E-state index >= 15 is 0 Å². The van der Waals surface area contributed by atoms with E-state index in [2.05, 4.69) is 10.5 Å². The van der Waals surface area contributed by atoms with Crippen LogP contribution in [-0.2, 0) is 0 Å². The lowest BCUT2D eigenvalue weighted by molar-refractivity contribution is 0.0953. The molecule has 1 amide bonds. The van der Waals surface area contributed by atoms with Gasteiger partial charge in [0.1, 0.15) is 19.0 Å². The lowest BCUT2D eigenvalue weighted by atomic mass is 10.2. The third kappa shape index (κ3) is 3.27. The minimum atomic E-state index is -0.247. The predicted octanol–water partition coefficient (Wildman–Crippen LogP) is 0.324. The number of oxime groups is 1. The molecule has 7 nitrogen and oxygen atoms in total. The first-order chi connectivity index (χ1) is 9.20. The van der Waals surface area contributed by atoms with Crippen molar-refractivity contribution >= 4 is 11.7 Å². The Kier molecular flexibility index (Phi) is 4.07. The van der Waals surface area contributed by atoms with Gasteiger partial charge in [-0.15, -0.1) is 0 Å². The van der Waals surface area contributed by atoms with Crippen molar-refractivity contribution in [1.29, 1.82) is 0 Å². The van der Waals surface area contributed by atoms with E-state index < -0.39 is 0 Å². The van der Waals surface area contributed by atoms with Crippen LogP contribution in [0.15, 0.2) is 23.4 Å². The average Bonchev–Trinajstić information content (AvgIpc) is 2.46. The van der Waals surface area contributed by atoms with Gasteiger partial charge in [0.2, 0.25) is 0 Å². The van der Waals surface area contributed by atoms with Crippen molar-refractivity contribution < 1.29 is 19.5 Å². The van der Waals surface area contributed by atoms with Gasteiger partial charge in [-0.05, 0) is 18.2 Å². The Morgan fingerprint density at radius 2 is 2.11 bits per heavy atom. The maximum Gasteiger partial charge on any atom is 0.251 e. The zero-order valence-corrected chi connectivity index (χ0v) is 10.3. The van der Waals surface area contributed by atoms with E-state index in [0.717, 1.165) is 0 Å².